The molecule has 1 amide bonds. The molecule has 0 atom stereocenters. The number of carbonyl (C=O) groups excluding carboxylic acids is 1. The van der Waals surface area contributed by atoms with Crippen molar-refractivity contribution in [3.63, 3.8) is 0 Å². The first-order valence-electron chi connectivity index (χ1n) is 7.74. The summed E-state index contributed by atoms with van der Waals surface area (Å²) in [6.07, 6.45) is 5.55. The van der Waals surface area contributed by atoms with Gasteiger partial charge in [0.2, 0.25) is 5.91 Å². The van der Waals surface area contributed by atoms with Crippen LogP contribution in [0.1, 0.15) is 45.2 Å². The Labute approximate surface area is 126 Å². The van der Waals surface area contributed by atoms with E-state index in [4.69, 9.17) is 5.73 Å². The number of hydrogen-bond acceptors (Lipinski definition) is 4. The Morgan fingerprint density at radius 2 is 2.00 bits per heavy atom. The summed E-state index contributed by atoms with van der Waals surface area (Å²) in [6.45, 7) is 5.96. The van der Waals surface area contributed by atoms with Crippen LogP contribution in [0.25, 0.3) is 0 Å². The number of amides is 1. The van der Waals surface area contributed by atoms with Crippen LogP contribution in [0.2, 0.25) is 0 Å². The fourth-order valence-electron chi connectivity index (χ4n) is 2.82. The first-order chi connectivity index (χ1) is 9.95. The Bertz CT molecular complexity index is 493. The van der Waals surface area contributed by atoms with E-state index < -0.39 is 0 Å². The molecule has 5 nitrogen and oxygen atoms in total. The Morgan fingerprint density at radius 3 is 2.62 bits per heavy atom. The number of aryl methyl sites for hydroxylation is 1. The molecular formula is C16H26N4O. The highest BCUT2D eigenvalue weighted by Crippen LogP contribution is 2.28. The van der Waals surface area contributed by atoms with E-state index in [1.165, 1.54) is 0 Å². The minimum Gasteiger partial charge on any atom is -0.396 e. The van der Waals surface area contributed by atoms with Crippen molar-refractivity contribution < 1.29 is 4.79 Å². The number of nitrogens with zero attached hydrogens (tertiary/aromatic N) is 1. The van der Waals surface area contributed by atoms with Crippen molar-refractivity contribution in [2.24, 2.45) is 5.92 Å². The van der Waals surface area contributed by atoms with Crippen molar-refractivity contribution in [3.05, 3.63) is 18.0 Å². The average Bonchev–Trinajstić information content (AvgIpc) is 2.43. The highest BCUT2D eigenvalue weighted by Gasteiger charge is 2.26. The Balaban J connectivity index is 1.87. The quantitative estimate of drug-likeness (QED) is 0.796. The van der Waals surface area contributed by atoms with Crippen molar-refractivity contribution >= 4 is 17.3 Å². The molecule has 1 aliphatic carbocycles. The van der Waals surface area contributed by atoms with Gasteiger partial charge >= 0.3 is 0 Å². The van der Waals surface area contributed by atoms with Crippen molar-refractivity contribution in [1.29, 1.82) is 0 Å². The number of rotatable bonds is 4. The minimum atomic E-state index is 0.155. The number of nitrogens with two attached hydrogens (primary N) is 1. The number of anilines is 2. The molecule has 0 spiro atoms. The maximum Gasteiger partial charge on any atom is 0.223 e. The highest BCUT2D eigenvalue weighted by atomic mass is 16.1. The SMILES string of the molecule is Cc1cc(N[C@H]2CC[C@@H](C(=O)NC(C)C)CC2)c(N)cn1. The Morgan fingerprint density at radius 1 is 1.33 bits per heavy atom. The van der Waals surface area contributed by atoms with Gasteiger partial charge in [-0.15, -0.1) is 0 Å². The van der Waals surface area contributed by atoms with E-state index in [0.29, 0.717) is 11.7 Å². The number of nitrogen functional groups attached to an aromatic ring is 1. The number of aromatic nitrogens is 1. The lowest BCUT2D eigenvalue weighted by molar-refractivity contribution is -0.126. The summed E-state index contributed by atoms with van der Waals surface area (Å²) in [5.41, 5.74) is 8.54. The van der Waals surface area contributed by atoms with Gasteiger partial charge in [-0.05, 0) is 52.5 Å². The maximum atomic E-state index is 12.0. The van der Waals surface area contributed by atoms with Crippen LogP contribution in [0.15, 0.2) is 12.3 Å². The van der Waals surface area contributed by atoms with Crippen LogP contribution < -0.4 is 16.4 Å². The number of pyridine rings is 1. The predicted octanol–water partition coefficient (Wildman–Crippen LogP) is 2.47. The van der Waals surface area contributed by atoms with E-state index >= 15 is 0 Å². The number of hydrogen-bond donors (Lipinski definition) is 3. The van der Waals surface area contributed by atoms with Gasteiger partial charge in [0.05, 0.1) is 17.6 Å². The molecule has 1 saturated carbocycles. The number of carbonyl (C=O) groups is 1. The lowest BCUT2D eigenvalue weighted by Crippen LogP contribution is -2.38. The van der Waals surface area contributed by atoms with E-state index in [0.717, 1.165) is 37.1 Å². The molecule has 116 valence electrons. The molecule has 2 rings (SSSR count). The molecule has 0 bridgehead atoms. The molecule has 1 aromatic rings. The first-order valence-corrected chi connectivity index (χ1v) is 7.74. The Kier molecular flexibility index (Phi) is 5.04. The molecular weight excluding hydrogens is 264 g/mol. The van der Waals surface area contributed by atoms with Gasteiger partial charge in [0.1, 0.15) is 0 Å². The fourth-order valence-corrected chi connectivity index (χ4v) is 2.82. The average molecular weight is 290 g/mol. The lowest BCUT2D eigenvalue weighted by atomic mass is 9.85. The second-order valence-corrected chi connectivity index (χ2v) is 6.27. The third-order valence-corrected chi connectivity index (χ3v) is 3.96. The summed E-state index contributed by atoms with van der Waals surface area (Å²) in [4.78, 5) is 16.2. The Hall–Kier alpha value is -1.78. The first kappa shape index (κ1) is 15.6. The monoisotopic (exact) mass is 290 g/mol. The van der Waals surface area contributed by atoms with Gasteiger partial charge < -0.3 is 16.4 Å². The molecule has 21 heavy (non-hydrogen) atoms. The lowest BCUT2D eigenvalue weighted by Gasteiger charge is -2.30. The molecule has 4 N–H and O–H groups in total. The van der Waals surface area contributed by atoms with Crippen LogP contribution in [0.3, 0.4) is 0 Å². The molecule has 0 saturated heterocycles. The van der Waals surface area contributed by atoms with E-state index in [-0.39, 0.29) is 17.9 Å². The van der Waals surface area contributed by atoms with Crippen molar-refractivity contribution in [2.75, 3.05) is 11.1 Å². The standard InChI is InChI=1S/C16H26N4O/c1-10(2)19-16(21)12-4-6-13(7-5-12)20-15-8-11(3)18-9-14(15)17/h8-10,12-13H,4-7,17H2,1-3H3,(H,18,20)(H,19,21)/t12-,13+. The topological polar surface area (TPSA) is 80.0 Å². The zero-order valence-corrected chi connectivity index (χ0v) is 13.1. The second kappa shape index (κ2) is 6.78. The molecule has 5 heteroatoms. The summed E-state index contributed by atoms with van der Waals surface area (Å²) in [6, 6.07) is 2.58. The van der Waals surface area contributed by atoms with Crippen LogP contribution in [0.5, 0.6) is 0 Å². The van der Waals surface area contributed by atoms with E-state index in [9.17, 15) is 4.79 Å². The van der Waals surface area contributed by atoms with Gasteiger partial charge in [-0.25, -0.2) is 0 Å². The van der Waals surface area contributed by atoms with Gasteiger partial charge in [-0.3, -0.25) is 9.78 Å². The third-order valence-electron chi connectivity index (χ3n) is 3.96. The molecule has 1 heterocycles. The summed E-state index contributed by atoms with van der Waals surface area (Å²) in [5.74, 6) is 0.352. The van der Waals surface area contributed by atoms with Gasteiger partial charge in [0.25, 0.3) is 0 Å². The smallest absolute Gasteiger partial charge is 0.223 e. The van der Waals surface area contributed by atoms with Gasteiger partial charge in [0, 0.05) is 23.7 Å². The second-order valence-electron chi connectivity index (χ2n) is 6.27. The minimum absolute atomic E-state index is 0.155. The van der Waals surface area contributed by atoms with Gasteiger partial charge in [0.15, 0.2) is 0 Å². The van der Waals surface area contributed by atoms with Crippen LogP contribution in [-0.2, 0) is 4.79 Å². The van der Waals surface area contributed by atoms with E-state index in [1.54, 1.807) is 6.20 Å². The van der Waals surface area contributed by atoms with Crippen LogP contribution in [0, 0.1) is 12.8 Å². The van der Waals surface area contributed by atoms with Crippen molar-refractivity contribution in [2.45, 2.75) is 58.5 Å². The highest BCUT2D eigenvalue weighted by molar-refractivity contribution is 5.79. The van der Waals surface area contributed by atoms with Gasteiger partial charge in [-0.1, -0.05) is 0 Å². The zero-order valence-electron chi connectivity index (χ0n) is 13.1. The molecule has 0 aromatic carbocycles. The van der Waals surface area contributed by atoms with Crippen LogP contribution >= 0.6 is 0 Å². The molecule has 0 aliphatic heterocycles. The molecule has 0 radical (unpaired) electrons. The summed E-state index contributed by atoms with van der Waals surface area (Å²) in [5, 5.41) is 6.50. The molecule has 0 unspecified atom stereocenters. The fraction of sp³-hybridized carbons (Fsp3) is 0.625. The molecule has 1 fully saturated rings. The third kappa shape index (κ3) is 4.34. The zero-order chi connectivity index (χ0) is 15.4. The summed E-state index contributed by atoms with van der Waals surface area (Å²) >= 11 is 0. The summed E-state index contributed by atoms with van der Waals surface area (Å²) < 4.78 is 0. The van der Waals surface area contributed by atoms with Crippen molar-refractivity contribution in [1.82, 2.24) is 10.3 Å². The largest absolute Gasteiger partial charge is 0.396 e. The predicted molar refractivity (Wildman–Crippen MR) is 86.0 cm³/mol. The van der Waals surface area contributed by atoms with Crippen LogP contribution in [-0.4, -0.2) is 23.0 Å². The number of nitrogens with one attached hydrogen (secondary N) is 2. The van der Waals surface area contributed by atoms with Gasteiger partial charge in [-0.2, -0.15) is 0 Å². The molecule has 1 aliphatic rings. The van der Waals surface area contributed by atoms with Crippen molar-refractivity contribution in [3.8, 4) is 0 Å². The normalized spacial score (nSPS) is 22.1. The van der Waals surface area contributed by atoms with Crippen LogP contribution in [0.4, 0.5) is 11.4 Å². The van der Waals surface area contributed by atoms with E-state index in [2.05, 4.69) is 15.6 Å². The molecule has 1 aromatic heterocycles. The van der Waals surface area contributed by atoms with E-state index in [1.807, 2.05) is 26.8 Å². The maximum absolute atomic E-state index is 12.0. The summed E-state index contributed by atoms with van der Waals surface area (Å²) in [7, 11) is 0.